The fraction of sp³-hybridized carbons (Fsp3) is 0. The number of nitrogens with zero attached hydrogens (tertiary/aromatic N) is 4. The number of hydrogen-bond donors (Lipinski definition) is 2. The lowest BCUT2D eigenvalue weighted by Crippen LogP contribution is -2.15. The average molecular weight is 259 g/mol. The lowest BCUT2D eigenvalue weighted by molar-refractivity contribution is 0.101. The molecule has 0 unspecified atom stereocenters. The summed E-state index contributed by atoms with van der Waals surface area (Å²) in [5, 5.41) is 8.45. The van der Waals surface area contributed by atoms with Crippen molar-refractivity contribution in [3.05, 3.63) is 28.7 Å². The van der Waals surface area contributed by atoms with Gasteiger partial charge >= 0.3 is 0 Å². The molecule has 0 bridgehead atoms. The molecule has 0 spiro atoms. The molecule has 0 saturated heterocycles. The summed E-state index contributed by atoms with van der Waals surface area (Å²) in [4.78, 5) is 22.6. The molecule has 16 heavy (non-hydrogen) atoms. The molecular formula is C7H4Cl2N6O. The highest BCUT2D eigenvalue weighted by atomic mass is 35.5. The van der Waals surface area contributed by atoms with Gasteiger partial charge in [0.1, 0.15) is 17.3 Å². The number of aromatic amines is 1. The molecule has 0 aliphatic carbocycles. The number of hydrogen-bond acceptors (Lipinski definition) is 5. The van der Waals surface area contributed by atoms with E-state index in [0.717, 1.165) is 0 Å². The van der Waals surface area contributed by atoms with E-state index in [1.807, 2.05) is 0 Å². The minimum absolute atomic E-state index is 0.0552. The molecule has 1 amide bonds. The molecule has 2 rings (SSSR count). The molecule has 0 aliphatic heterocycles. The Kier molecular flexibility index (Phi) is 2.97. The van der Waals surface area contributed by atoms with E-state index in [1.54, 1.807) is 0 Å². The Morgan fingerprint density at radius 2 is 2.19 bits per heavy atom. The number of aromatic nitrogens is 5. The molecule has 2 N–H and O–H groups in total. The molecule has 7 nitrogen and oxygen atoms in total. The lowest BCUT2D eigenvalue weighted by Gasteiger charge is -2.02. The van der Waals surface area contributed by atoms with Crippen LogP contribution in [0.2, 0.25) is 10.4 Å². The molecular weight excluding hydrogens is 255 g/mol. The smallest absolute Gasteiger partial charge is 0.294 e. The minimum atomic E-state index is -0.497. The summed E-state index contributed by atoms with van der Waals surface area (Å²) in [5.41, 5.74) is 0. The van der Waals surface area contributed by atoms with Gasteiger partial charge in [0.2, 0.25) is 11.1 Å². The third-order valence-corrected chi connectivity index (χ3v) is 1.90. The lowest BCUT2D eigenvalue weighted by atomic mass is 10.5. The van der Waals surface area contributed by atoms with Crippen LogP contribution in [0.15, 0.2) is 12.4 Å². The highest BCUT2D eigenvalue weighted by molar-refractivity contribution is 6.32. The van der Waals surface area contributed by atoms with Crippen molar-refractivity contribution in [3.63, 3.8) is 0 Å². The van der Waals surface area contributed by atoms with Crippen LogP contribution in [0.1, 0.15) is 10.6 Å². The summed E-state index contributed by atoms with van der Waals surface area (Å²) in [6, 6.07) is 1.36. The second kappa shape index (κ2) is 4.42. The topological polar surface area (TPSA) is 96.5 Å². The van der Waals surface area contributed by atoms with Crippen LogP contribution in [-0.2, 0) is 0 Å². The van der Waals surface area contributed by atoms with Gasteiger partial charge in [-0.1, -0.05) is 11.6 Å². The molecule has 82 valence electrons. The normalized spacial score (nSPS) is 10.1. The van der Waals surface area contributed by atoms with E-state index in [4.69, 9.17) is 23.2 Å². The number of anilines is 1. The Labute approximate surface area is 99.2 Å². The Morgan fingerprint density at radius 1 is 1.38 bits per heavy atom. The molecule has 0 aliphatic rings. The highest BCUT2D eigenvalue weighted by Crippen LogP contribution is 2.14. The van der Waals surface area contributed by atoms with Gasteiger partial charge in [0.15, 0.2) is 0 Å². The van der Waals surface area contributed by atoms with Crippen LogP contribution < -0.4 is 5.32 Å². The maximum atomic E-state index is 11.5. The Hall–Kier alpha value is -1.73. The molecule has 2 aromatic rings. The number of nitrogens with one attached hydrogen (secondary N) is 2. The Morgan fingerprint density at radius 3 is 2.81 bits per heavy atom. The first-order valence-electron chi connectivity index (χ1n) is 4.02. The summed E-state index contributed by atoms with van der Waals surface area (Å²) in [5.74, 6) is -0.249. The summed E-state index contributed by atoms with van der Waals surface area (Å²) >= 11 is 11.2. The van der Waals surface area contributed by atoms with Gasteiger partial charge < -0.3 is 5.32 Å². The number of carbonyl (C=O) groups excluding carboxylic acids is 1. The number of carbonyl (C=O) groups is 1. The summed E-state index contributed by atoms with van der Waals surface area (Å²) < 4.78 is 0. The Balaban J connectivity index is 2.18. The first-order valence-corrected chi connectivity index (χ1v) is 4.77. The van der Waals surface area contributed by atoms with Gasteiger partial charge in [-0.15, -0.1) is 0 Å². The fourth-order valence-corrected chi connectivity index (χ4v) is 1.35. The van der Waals surface area contributed by atoms with E-state index in [2.05, 4.69) is 30.5 Å². The van der Waals surface area contributed by atoms with Crippen molar-refractivity contribution >= 4 is 34.9 Å². The van der Waals surface area contributed by atoms with Crippen molar-refractivity contribution < 1.29 is 4.79 Å². The molecule has 2 aromatic heterocycles. The maximum absolute atomic E-state index is 11.5. The standard InChI is InChI=1S/C7H4Cl2N6O/c8-3-1-4(14-7(9)12-3)13-6(16)5-10-2-11-15-5/h1-2H,(H,10,11,15)(H,12,13,14,16). The first-order chi connectivity index (χ1) is 7.65. The molecule has 0 aromatic carbocycles. The van der Waals surface area contributed by atoms with Gasteiger partial charge in [0.25, 0.3) is 5.91 Å². The van der Waals surface area contributed by atoms with Gasteiger partial charge in [0.05, 0.1) is 0 Å². The maximum Gasteiger partial charge on any atom is 0.294 e. The largest absolute Gasteiger partial charge is 0.304 e. The van der Waals surface area contributed by atoms with Crippen molar-refractivity contribution in [2.45, 2.75) is 0 Å². The first kappa shape index (κ1) is 10.8. The number of rotatable bonds is 2. The van der Waals surface area contributed by atoms with Crippen molar-refractivity contribution in [2.75, 3.05) is 5.32 Å². The number of H-pyrrole nitrogens is 1. The second-order valence-corrected chi connectivity index (χ2v) is 3.36. The second-order valence-electron chi connectivity index (χ2n) is 2.63. The van der Waals surface area contributed by atoms with Crippen molar-refractivity contribution in [1.29, 1.82) is 0 Å². The van der Waals surface area contributed by atoms with Crippen LogP contribution in [0.25, 0.3) is 0 Å². The van der Waals surface area contributed by atoms with Crippen molar-refractivity contribution in [2.24, 2.45) is 0 Å². The van der Waals surface area contributed by atoms with Crippen LogP contribution in [0.3, 0.4) is 0 Å². The van der Waals surface area contributed by atoms with E-state index < -0.39 is 5.91 Å². The monoisotopic (exact) mass is 258 g/mol. The predicted octanol–water partition coefficient (Wildman–Crippen LogP) is 1.15. The quantitative estimate of drug-likeness (QED) is 0.623. The molecule has 0 atom stereocenters. The van der Waals surface area contributed by atoms with Gasteiger partial charge in [0, 0.05) is 6.07 Å². The van der Waals surface area contributed by atoms with E-state index in [9.17, 15) is 4.79 Å². The van der Waals surface area contributed by atoms with E-state index >= 15 is 0 Å². The Bertz CT molecular complexity index is 493. The van der Waals surface area contributed by atoms with Crippen LogP contribution in [-0.4, -0.2) is 31.1 Å². The van der Waals surface area contributed by atoms with Crippen LogP contribution in [0.5, 0.6) is 0 Å². The molecule has 0 saturated carbocycles. The molecule has 0 radical (unpaired) electrons. The summed E-state index contributed by atoms with van der Waals surface area (Å²) in [6.07, 6.45) is 1.22. The predicted molar refractivity (Wildman–Crippen MR) is 56.4 cm³/mol. The van der Waals surface area contributed by atoms with Gasteiger partial charge in [-0.2, -0.15) is 5.10 Å². The summed E-state index contributed by atoms with van der Waals surface area (Å²) in [6.45, 7) is 0. The molecule has 2 heterocycles. The van der Waals surface area contributed by atoms with Crippen LogP contribution >= 0.6 is 23.2 Å². The van der Waals surface area contributed by atoms with E-state index in [-0.39, 0.29) is 22.1 Å². The van der Waals surface area contributed by atoms with Gasteiger partial charge in [-0.3, -0.25) is 9.89 Å². The van der Waals surface area contributed by atoms with Gasteiger partial charge in [-0.25, -0.2) is 15.0 Å². The third kappa shape index (κ3) is 2.44. The number of halogens is 2. The molecule has 0 fully saturated rings. The van der Waals surface area contributed by atoms with Crippen LogP contribution in [0.4, 0.5) is 5.82 Å². The fourth-order valence-electron chi connectivity index (χ4n) is 0.944. The van der Waals surface area contributed by atoms with Crippen molar-refractivity contribution in [1.82, 2.24) is 25.1 Å². The zero-order valence-corrected chi connectivity index (χ0v) is 9.12. The third-order valence-electron chi connectivity index (χ3n) is 1.54. The zero-order chi connectivity index (χ0) is 11.5. The molecule has 9 heteroatoms. The van der Waals surface area contributed by atoms with Crippen LogP contribution in [0, 0.1) is 0 Å². The zero-order valence-electron chi connectivity index (χ0n) is 7.61. The number of amides is 1. The van der Waals surface area contributed by atoms with Gasteiger partial charge in [-0.05, 0) is 11.6 Å². The van der Waals surface area contributed by atoms with E-state index in [1.165, 1.54) is 12.4 Å². The SMILES string of the molecule is O=C(Nc1cc(Cl)nc(Cl)n1)c1ncn[nH]1. The minimum Gasteiger partial charge on any atom is -0.304 e. The summed E-state index contributed by atoms with van der Waals surface area (Å²) in [7, 11) is 0. The highest BCUT2D eigenvalue weighted by Gasteiger charge is 2.10. The van der Waals surface area contributed by atoms with Crippen molar-refractivity contribution in [3.8, 4) is 0 Å². The average Bonchev–Trinajstić information content (AvgIpc) is 2.68. The van der Waals surface area contributed by atoms with E-state index in [0.29, 0.717) is 0 Å².